The summed E-state index contributed by atoms with van der Waals surface area (Å²) < 4.78 is 5.25. The van der Waals surface area contributed by atoms with Gasteiger partial charge in [-0.25, -0.2) is 0 Å². The molecule has 0 saturated heterocycles. The molecule has 1 rings (SSSR count). The van der Waals surface area contributed by atoms with Crippen molar-refractivity contribution >= 4 is 11.7 Å². The van der Waals surface area contributed by atoms with Crippen LogP contribution in [0.5, 0.6) is 5.75 Å². The number of carbonyl (C=O) groups excluding carboxylic acids is 2. The predicted molar refractivity (Wildman–Crippen MR) is 74.2 cm³/mol. The first-order chi connectivity index (χ1) is 8.95. The summed E-state index contributed by atoms with van der Waals surface area (Å²) in [6.07, 6.45) is 0.552. The van der Waals surface area contributed by atoms with Crippen molar-refractivity contribution < 1.29 is 14.3 Å². The summed E-state index contributed by atoms with van der Waals surface area (Å²) in [6, 6.07) is 3.85. The van der Waals surface area contributed by atoms with E-state index in [-0.39, 0.29) is 18.1 Å². The molecule has 19 heavy (non-hydrogen) atoms. The lowest BCUT2D eigenvalue weighted by molar-refractivity contribution is -0.124. The SMILES string of the molecule is COc1ccc(CNC(=O)CCC(C)=O)c(C)c1C. The number of hydrogen-bond acceptors (Lipinski definition) is 3. The van der Waals surface area contributed by atoms with E-state index in [2.05, 4.69) is 5.32 Å². The van der Waals surface area contributed by atoms with Crippen LogP contribution < -0.4 is 10.1 Å². The van der Waals surface area contributed by atoms with Crippen molar-refractivity contribution in [2.75, 3.05) is 7.11 Å². The zero-order valence-corrected chi connectivity index (χ0v) is 12.0. The largest absolute Gasteiger partial charge is 0.496 e. The Kier molecular flexibility index (Phi) is 5.55. The highest BCUT2D eigenvalue weighted by Gasteiger charge is 2.08. The van der Waals surface area contributed by atoms with E-state index in [1.165, 1.54) is 6.92 Å². The van der Waals surface area contributed by atoms with Gasteiger partial charge >= 0.3 is 0 Å². The molecule has 0 atom stereocenters. The Hall–Kier alpha value is -1.84. The first kappa shape index (κ1) is 15.2. The van der Waals surface area contributed by atoms with Crippen molar-refractivity contribution in [3.8, 4) is 5.75 Å². The second kappa shape index (κ2) is 6.92. The fourth-order valence-electron chi connectivity index (χ4n) is 1.84. The summed E-state index contributed by atoms with van der Waals surface area (Å²) in [5.41, 5.74) is 3.26. The molecule has 0 heterocycles. The maximum Gasteiger partial charge on any atom is 0.220 e. The minimum atomic E-state index is -0.0944. The molecule has 104 valence electrons. The number of rotatable bonds is 6. The Bertz CT molecular complexity index is 481. The molecule has 1 aromatic carbocycles. The standard InChI is InChI=1S/C15H21NO3/c1-10(17)5-8-15(18)16-9-13-6-7-14(19-4)12(3)11(13)2/h6-7H,5,8-9H2,1-4H3,(H,16,18). The summed E-state index contributed by atoms with van der Waals surface area (Å²) in [5, 5.41) is 2.83. The number of benzene rings is 1. The molecule has 0 aliphatic carbocycles. The highest BCUT2D eigenvalue weighted by molar-refractivity contribution is 5.83. The van der Waals surface area contributed by atoms with Crippen LogP contribution in [0.3, 0.4) is 0 Å². The third-order valence-corrected chi connectivity index (χ3v) is 3.25. The molecule has 4 heteroatoms. The quantitative estimate of drug-likeness (QED) is 0.856. The lowest BCUT2D eigenvalue weighted by Crippen LogP contribution is -2.23. The Morgan fingerprint density at radius 1 is 1.16 bits per heavy atom. The van der Waals surface area contributed by atoms with Crippen LogP contribution in [0.2, 0.25) is 0 Å². The van der Waals surface area contributed by atoms with E-state index in [1.807, 2.05) is 26.0 Å². The molecule has 1 aromatic rings. The predicted octanol–water partition coefficient (Wildman–Crippen LogP) is 2.30. The van der Waals surface area contributed by atoms with Crippen LogP contribution >= 0.6 is 0 Å². The number of nitrogens with one attached hydrogen (secondary N) is 1. The molecule has 0 spiro atoms. The first-order valence-electron chi connectivity index (χ1n) is 6.35. The van der Waals surface area contributed by atoms with Crippen molar-refractivity contribution in [2.45, 2.75) is 40.2 Å². The van der Waals surface area contributed by atoms with Crippen molar-refractivity contribution in [3.05, 3.63) is 28.8 Å². The van der Waals surface area contributed by atoms with E-state index < -0.39 is 0 Å². The molecule has 0 fully saturated rings. The van der Waals surface area contributed by atoms with Gasteiger partial charge in [0.1, 0.15) is 11.5 Å². The van der Waals surface area contributed by atoms with E-state index in [9.17, 15) is 9.59 Å². The van der Waals surface area contributed by atoms with E-state index in [0.717, 1.165) is 22.4 Å². The van der Waals surface area contributed by atoms with Gasteiger partial charge < -0.3 is 14.8 Å². The molecule has 0 unspecified atom stereocenters. The molecule has 0 aliphatic rings. The van der Waals surface area contributed by atoms with E-state index in [4.69, 9.17) is 4.74 Å². The Morgan fingerprint density at radius 2 is 1.84 bits per heavy atom. The Morgan fingerprint density at radius 3 is 2.42 bits per heavy atom. The minimum Gasteiger partial charge on any atom is -0.496 e. The minimum absolute atomic E-state index is 0.0339. The highest BCUT2D eigenvalue weighted by atomic mass is 16.5. The fraction of sp³-hybridized carbons (Fsp3) is 0.467. The third-order valence-electron chi connectivity index (χ3n) is 3.25. The van der Waals surface area contributed by atoms with E-state index in [1.54, 1.807) is 7.11 Å². The maximum atomic E-state index is 11.6. The number of ketones is 1. The fourth-order valence-corrected chi connectivity index (χ4v) is 1.84. The number of amides is 1. The van der Waals surface area contributed by atoms with Crippen LogP contribution in [0.4, 0.5) is 0 Å². The van der Waals surface area contributed by atoms with Crippen LogP contribution in [-0.4, -0.2) is 18.8 Å². The molecule has 0 aliphatic heterocycles. The van der Waals surface area contributed by atoms with Crippen molar-refractivity contribution in [2.24, 2.45) is 0 Å². The van der Waals surface area contributed by atoms with Gasteiger partial charge in [0.05, 0.1) is 7.11 Å². The molecular formula is C15H21NO3. The van der Waals surface area contributed by atoms with Gasteiger partial charge in [0.25, 0.3) is 0 Å². The normalized spacial score (nSPS) is 10.1. The number of carbonyl (C=O) groups is 2. The number of ether oxygens (including phenoxy) is 1. The van der Waals surface area contributed by atoms with E-state index >= 15 is 0 Å². The lowest BCUT2D eigenvalue weighted by Gasteiger charge is -2.13. The Balaban J connectivity index is 2.61. The van der Waals surface area contributed by atoms with Crippen LogP contribution in [0.15, 0.2) is 12.1 Å². The molecular weight excluding hydrogens is 242 g/mol. The summed E-state index contributed by atoms with van der Waals surface area (Å²) in [5.74, 6) is 0.791. The maximum absolute atomic E-state index is 11.6. The topological polar surface area (TPSA) is 55.4 Å². The van der Waals surface area contributed by atoms with Gasteiger partial charge in [-0.2, -0.15) is 0 Å². The first-order valence-corrected chi connectivity index (χ1v) is 6.35. The van der Waals surface area contributed by atoms with Gasteiger partial charge in [-0.05, 0) is 43.5 Å². The average Bonchev–Trinajstić information content (AvgIpc) is 2.38. The van der Waals surface area contributed by atoms with Gasteiger partial charge in [-0.1, -0.05) is 6.07 Å². The van der Waals surface area contributed by atoms with Gasteiger partial charge in [-0.3, -0.25) is 4.79 Å². The molecule has 0 saturated carbocycles. The molecule has 0 aromatic heterocycles. The van der Waals surface area contributed by atoms with Gasteiger partial charge in [0.2, 0.25) is 5.91 Å². The van der Waals surface area contributed by atoms with Crippen molar-refractivity contribution in [3.63, 3.8) is 0 Å². The second-order valence-electron chi connectivity index (χ2n) is 4.66. The average molecular weight is 263 g/mol. The second-order valence-corrected chi connectivity index (χ2v) is 4.66. The molecule has 1 N–H and O–H groups in total. The lowest BCUT2D eigenvalue weighted by atomic mass is 10.0. The van der Waals surface area contributed by atoms with Crippen LogP contribution in [-0.2, 0) is 16.1 Å². The molecule has 1 amide bonds. The third kappa shape index (κ3) is 4.39. The zero-order chi connectivity index (χ0) is 14.4. The number of methoxy groups -OCH3 is 1. The molecule has 0 radical (unpaired) electrons. The van der Waals surface area contributed by atoms with Crippen LogP contribution in [0, 0.1) is 13.8 Å². The Labute approximate surface area is 114 Å². The molecule has 0 bridgehead atoms. The van der Waals surface area contributed by atoms with Crippen molar-refractivity contribution in [1.29, 1.82) is 0 Å². The van der Waals surface area contributed by atoms with Gasteiger partial charge in [0.15, 0.2) is 0 Å². The number of hydrogen-bond donors (Lipinski definition) is 1. The van der Waals surface area contributed by atoms with Crippen LogP contribution in [0.25, 0.3) is 0 Å². The van der Waals surface area contributed by atoms with Crippen molar-refractivity contribution in [1.82, 2.24) is 5.32 Å². The van der Waals surface area contributed by atoms with Gasteiger partial charge in [0, 0.05) is 19.4 Å². The monoisotopic (exact) mass is 263 g/mol. The zero-order valence-electron chi connectivity index (χ0n) is 12.0. The summed E-state index contributed by atoms with van der Waals surface area (Å²) in [7, 11) is 1.64. The van der Waals surface area contributed by atoms with E-state index in [0.29, 0.717) is 13.0 Å². The summed E-state index contributed by atoms with van der Waals surface area (Å²) in [4.78, 5) is 22.3. The van der Waals surface area contributed by atoms with Crippen LogP contribution in [0.1, 0.15) is 36.5 Å². The van der Waals surface area contributed by atoms with Gasteiger partial charge in [-0.15, -0.1) is 0 Å². The highest BCUT2D eigenvalue weighted by Crippen LogP contribution is 2.23. The smallest absolute Gasteiger partial charge is 0.220 e. The number of Topliss-reactive ketones (excluding diaryl/α,β-unsaturated/α-hetero) is 1. The summed E-state index contributed by atoms with van der Waals surface area (Å²) in [6.45, 7) is 5.97. The molecule has 4 nitrogen and oxygen atoms in total. The summed E-state index contributed by atoms with van der Waals surface area (Å²) >= 11 is 0.